The SMILES string of the molecule is CCOc1ccc(Cc2cc(C3CCCC(C)O3)ccc2Cl)cc1. The molecule has 2 unspecified atom stereocenters. The summed E-state index contributed by atoms with van der Waals surface area (Å²) in [6.07, 6.45) is 4.83. The minimum Gasteiger partial charge on any atom is -0.494 e. The van der Waals surface area contributed by atoms with Gasteiger partial charge >= 0.3 is 0 Å². The van der Waals surface area contributed by atoms with Crippen molar-refractivity contribution in [3.05, 3.63) is 64.2 Å². The summed E-state index contributed by atoms with van der Waals surface area (Å²) in [5.41, 5.74) is 3.63. The molecular formula is C21H25ClO2. The fourth-order valence-corrected chi connectivity index (χ4v) is 3.46. The molecule has 0 N–H and O–H groups in total. The van der Waals surface area contributed by atoms with E-state index in [1.165, 1.54) is 17.5 Å². The van der Waals surface area contributed by atoms with Crippen LogP contribution in [-0.2, 0) is 11.2 Å². The number of benzene rings is 2. The molecular weight excluding hydrogens is 320 g/mol. The lowest BCUT2D eigenvalue weighted by atomic mass is 9.95. The van der Waals surface area contributed by atoms with Gasteiger partial charge < -0.3 is 9.47 Å². The second kappa shape index (κ2) is 8.04. The van der Waals surface area contributed by atoms with Gasteiger partial charge in [0.2, 0.25) is 0 Å². The Balaban J connectivity index is 1.76. The van der Waals surface area contributed by atoms with Gasteiger partial charge in [0, 0.05) is 5.02 Å². The van der Waals surface area contributed by atoms with E-state index in [1.54, 1.807) is 0 Å². The summed E-state index contributed by atoms with van der Waals surface area (Å²) in [7, 11) is 0. The zero-order valence-electron chi connectivity index (χ0n) is 14.4. The fourth-order valence-electron chi connectivity index (χ4n) is 3.27. The zero-order chi connectivity index (χ0) is 16.9. The van der Waals surface area contributed by atoms with Gasteiger partial charge in [-0.2, -0.15) is 0 Å². The van der Waals surface area contributed by atoms with E-state index in [0.717, 1.165) is 35.6 Å². The highest BCUT2D eigenvalue weighted by molar-refractivity contribution is 6.31. The van der Waals surface area contributed by atoms with Crippen molar-refractivity contribution in [2.75, 3.05) is 6.61 Å². The van der Waals surface area contributed by atoms with Crippen LogP contribution >= 0.6 is 11.6 Å². The van der Waals surface area contributed by atoms with Crippen molar-refractivity contribution in [2.45, 2.75) is 51.7 Å². The molecule has 2 nitrogen and oxygen atoms in total. The van der Waals surface area contributed by atoms with Gasteiger partial charge in [-0.1, -0.05) is 35.9 Å². The Hall–Kier alpha value is -1.51. The van der Waals surface area contributed by atoms with E-state index in [-0.39, 0.29) is 6.10 Å². The molecule has 0 saturated carbocycles. The van der Waals surface area contributed by atoms with Crippen LogP contribution in [0.1, 0.15) is 55.9 Å². The summed E-state index contributed by atoms with van der Waals surface area (Å²) in [5.74, 6) is 0.908. The van der Waals surface area contributed by atoms with E-state index in [4.69, 9.17) is 21.1 Å². The molecule has 0 radical (unpaired) electrons. The lowest BCUT2D eigenvalue weighted by molar-refractivity contribution is -0.0414. The maximum atomic E-state index is 6.43. The van der Waals surface area contributed by atoms with Gasteiger partial charge in [-0.15, -0.1) is 0 Å². The second-order valence-corrected chi connectivity index (χ2v) is 6.88. The van der Waals surface area contributed by atoms with Crippen molar-refractivity contribution < 1.29 is 9.47 Å². The van der Waals surface area contributed by atoms with E-state index in [9.17, 15) is 0 Å². The molecule has 0 bridgehead atoms. The van der Waals surface area contributed by atoms with Crippen LogP contribution in [0.25, 0.3) is 0 Å². The molecule has 1 aliphatic rings. The van der Waals surface area contributed by atoms with Crippen LogP contribution in [0.3, 0.4) is 0 Å². The van der Waals surface area contributed by atoms with Crippen LogP contribution in [-0.4, -0.2) is 12.7 Å². The average molecular weight is 345 g/mol. The predicted molar refractivity (Wildman–Crippen MR) is 99.0 cm³/mol. The molecule has 3 rings (SSSR count). The summed E-state index contributed by atoms with van der Waals surface area (Å²) in [6.45, 7) is 4.84. The molecule has 128 valence electrons. The van der Waals surface area contributed by atoms with Crippen LogP contribution in [0.4, 0.5) is 0 Å². The second-order valence-electron chi connectivity index (χ2n) is 6.47. The van der Waals surface area contributed by atoms with E-state index in [1.807, 2.05) is 25.1 Å². The Morgan fingerprint density at radius 3 is 2.62 bits per heavy atom. The van der Waals surface area contributed by atoms with Crippen molar-refractivity contribution in [2.24, 2.45) is 0 Å². The monoisotopic (exact) mass is 344 g/mol. The molecule has 0 aromatic heterocycles. The third kappa shape index (κ3) is 4.31. The maximum absolute atomic E-state index is 6.43. The highest BCUT2D eigenvalue weighted by Crippen LogP contribution is 2.33. The third-order valence-electron chi connectivity index (χ3n) is 4.54. The van der Waals surface area contributed by atoms with Gasteiger partial charge in [0.05, 0.1) is 18.8 Å². The Bertz CT molecular complexity index is 666. The molecule has 1 aliphatic heterocycles. The first-order valence-electron chi connectivity index (χ1n) is 8.81. The zero-order valence-corrected chi connectivity index (χ0v) is 15.2. The van der Waals surface area contributed by atoms with Crippen molar-refractivity contribution in [3.8, 4) is 5.75 Å². The van der Waals surface area contributed by atoms with E-state index in [2.05, 4.69) is 31.2 Å². The molecule has 1 saturated heterocycles. The van der Waals surface area contributed by atoms with Gasteiger partial charge in [-0.3, -0.25) is 0 Å². The molecule has 0 spiro atoms. The predicted octanol–water partition coefficient (Wildman–Crippen LogP) is 5.96. The lowest BCUT2D eigenvalue weighted by Crippen LogP contribution is -2.19. The molecule has 24 heavy (non-hydrogen) atoms. The summed E-state index contributed by atoms with van der Waals surface area (Å²) in [5, 5.41) is 0.816. The summed E-state index contributed by atoms with van der Waals surface area (Å²) < 4.78 is 11.6. The molecule has 0 amide bonds. The number of hydrogen-bond donors (Lipinski definition) is 0. The number of halogens is 1. The van der Waals surface area contributed by atoms with E-state index >= 15 is 0 Å². The van der Waals surface area contributed by atoms with E-state index in [0.29, 0.717) is 12.7 Å². The van der Waals surface area contributed by atoms with Gasteiger partial charge in [-0.25, -0.2) is 0 Å². The van der Waals surface area contributed by atoms with Gasteiger partial charge in [-0.05, 0) is 74.4 Å². The number of ether oxygens (including phenoxy) is 2. The fraction of sp³-hybridized carbons (Fsp3) is 0.429. The Morgan fingerprint density at radius 2 is 1.92 bits per heavy atom. The first kappa shape index (κ1) is 17.3. The molecule has 2 aromatic rings. The molecule has 1 fully saturated rings. The average Bonchev–Trinajstić information content (AvgIpc) is 2.59. The maximum Gasteiger partial charge on any atom is 0.119 e. The van der Waals surface area contributed by atoms with Crippen LogP contribution in [0, 0.1) is 0 Å². The lowest BCUT2D eigenvalue weighted by Gasteiger charge is -2.28. The Labute approximate surface area is 149 Å². The van der Waals surface area contributed by atoms with Crippen molar-refractivity contribution in [3.63, 3.8) is 0 Å². The quantitative estimate of drug-likeness (QED) is 0.666. The van der Waals surface area contributed by atoms with E-state index < -0.39 is 0 Å². The summed E-state index contributed by atoms with van der Waals surface area (Å²) in [4.78, 5) is 0. The summed E-state index contributed by atoms with van der Waals surface area (Å²) >= 11 is 6.43. The highest BCUT2D eigenvalue weighted by atomic mass is 35.5. The van der Waals surface area contributed by atoms with Gasteiger partial charge in [0.25, 0.3) is 0 Å². The summed E-state index contributed by atoms with van der Waals surface area (Å²) in [6, 6.07) is 14.6. The molecule has 2 aromatic carbocycles. The van der Waals surface area contributed by atoms with Crippen LogP contribution in [0.5, 0.6) is 5.75 Å². The van der Waals surface area contributed by atoms with Crippen LogP contribution in [0.15, 0.2) is 42.5 Å². The standard InChI is InChI=1S/C21H25ClO2/c1-3-23-19-10-7-16(8-11-19)13-18-14-17(9-12-20(18)22)21-6-4-5-15(2)24-21/h7-12,14-15,21H,3-6,13H2,1-2H3. The molecule has 3 heteroatoms. The first-order valence-corrected chi connectivity index (χ1v) is 9.19. The normalized spacial score (nSPS) is 20.8. The number of rotatable bonds is 5. The van der Waals surface area contributed by atoms with Gasteiger partial charge in [0.15, 0.2) is 0 Å². The molecule has 2 atom stereocenters. The van der Waals surface area contributed by atoms with Crippen molar-refractivity contribution in [1.29, 1.82) is 0 Å². The first-order chi connectivity index (χ1) is 11.7. The highest BCUT2D eigenvalue weighted by Gasteiger charge is 2.21. The largest absolute Gasteiger partial charge is 0.494 e. The van der Waals surface area contributed by atoms with Crippen LogP contribution < -0.4 is 4.74 Å². The topological polar surface area (TPSA) is 18.5 Å². The smallest absolute Gasteiger partial charge is 0.119 e. The van der Waals surface area contributed by atoms with Gasteiger partial charge in [0.1, 0.15) is 5.75 Å². The minimum absolute atomic E-state index is 0.199. The third-order valence-corrected chi connectivity index (χ3v) is 4.91. The molecule has 0 aliphatic carbocycles. The van der Waals surface area contributed by atoms with Crippen LogP contribution in [0.2, 0.25) is 5.02 Å². The van der Waals surface area contributed by atoms with Crippen molar-refractivity contribution >= 4 is 11.6 Å². The Morgan fingerprint density at radius 1 is 1.12 bits per heavy atom. The molecule has 1 heterocycles. The minimum atomic E-state index is 0.199. The Kier molecular flexibility index (Phi) is 5.80. The number of hydrogen-bond acceptors (Lipinski definition) is 2. The van der Waals surface area contributed by atoms with Crippen molar-refractivity contribution in [1.82, 2.24) is 0 Å².